The lowest BCUT2D eigenvalue weighted by atomic mass is 9.69. The predicted molar refractivity (Wildman–Crippen MR) is 172 cm³/mol. The minimum Gasteiger partial charge on any atom is -0.355 e. The average molecular weight is 587 g/mol. The summed E-state index contributed by atoms with van der Waals surface area (Å²) < 4.78 is 6.09. The van der Waals surface area contributed by atoms with Crippen molar-refractivity contribution in [2.24, 2.45) is 0 Å². The van der Waals surface area contributed by atoms with E-state index in [-0.39, 0.29) is 22.3 Å². The highest BCUT2D eigenvalue weighted by Crippen LogP contribution is 2.56. The van der Waals surface area contributed by atoms with Gasteiger partial charge in [0, 0.05) is 22.3 Å². The van der Waals surface area contributed by atoms with Gasteiger partial charge in [0.2, 0.25) is 11.6 Å². The van der Waals surface area contributed by atoms with Gasteiger partial charge in [-0.25, -0.2) is 0 Å². The molecule has 2 aliphatic heterocycles. The zero-order valence-electron chi connectivity index (χ0n) is 24.0. The van der Waals surface area contributed by atoms with E-state index in [1.807, 2.05) is 121 Å². The van der Waals surface area contributed by atoms with E-state index >= 15 is 0 Å². The van der Waals surface area contributed by atoms with E-state index in [9.17, 15) is 19.8 Å². The fraction of sp³-hybridized carbons (Fsp3) is 0.0500. The van der Waals surface area contributed by atoms with Crippen LogP contribution in [0.3, 0.4) is 0 Å². The molecule has 0 unspecified atom stereocenters. The smallest absolute Gasteiger partial charge is 0.263 e. The van der Waals surface area contributed by atoms with Crippen LogP contribution >= 0.6 is 0 Å². The van der Waals surface area contributed by atoms with Crippen molar-refractivity contribution < 1.29 is 24.5 Å². The quantitative estimate of drug-likeness (QED) is 0.221. The van der Waals surface area contributed by atoms with Crippen molar-refractivity contribution in [2.75, 3.05) is 0 Å². The van der Waals surface area contributed by atoms with Crippen LogP contribution in [0.15, 0.2) is 146 Å². The normalized spacial score (nSPS) is 20.0. The fourth-order valence-corrected chi connectivity index (χ4v) is 6.79. The SMILES string of the molecule is O=C1c2c(-c3ccccc3)ccc(-c3ccccc3)c2[C@@]2(O)O[C@]1(O)c1c(-c3ccccc3)ccc(-c3ccccc3)c1C2=O. The van der Waals surface area contributed by atoms with E-state index in [2.05, 4.69) is 0 Å². The Morgan fingerprint density at radius 3 is 0.956 bits per heavy atom. The standard InChI is InChI=1S/C40H26O5/c41-37-33-29(25-13-5-1-6-14-25)21-23-31(27-17-9-3-10-18-27)35(33)39(43)38(42)34-30(26-15-7-2-8-16-26)22-24-32(28-19-11-4-12-20-28)36(34)40(37,44)45-39/h1-24,43-44H/t39-,40-/m1/s1. The molecule has 0 saturated carbocycles. The Hall–Kier alpha value is -5.46. The van der Waals surface area contributed by atoms with Crippen LogP contribution in [0.25, 0.3) is 44.5 Å². The molecule has 0 aliphatic carbocycles. The molecule has 6 aromatic carbocycles. The van der Waals surface area contributed by atoms with Crippen LogP contribution in [-0.4, -0.2) is 21.8 Å². The molecule has 45 heavy (non-hydrogen) atoms. The summed E-state index contributed by atoms with van der Waals surface area (Å²) in [5.74, 6) is -6.87. The van der Waals surface area contributed by atoms with Gasteiger partial charge in [-0.05, 0) is 44.5 Å². The molecule has 2 bridgehead atoms. The number of carbonyl (C=O) groups is 2. The summed E-state index contributed by atoms with van der Waals surface area (Å²) in [7, 11) is 0. The highest BCUT2D eigenvalue weighted by atomic mass is 16.7. The van der Waals surface area contributed by atoms with E-state index in [1.54, 1.807) is 24.3 Å². The molecule has 6 aromatic rings. The Labute approximate surface area is 259 Å². The summed E-state index contributed by atoms with van der Waals surface area (Å²) in [5.41, 5.74) is 4.76. The maximum Gasteiger partial charge on any atom is 0.263 e. The summed E-state index contributed by atoms with van der Waals surface area (Å²) in [4.78, 5) is 29.9. The Morgan fingerprint density at radius 1 is 0.378 bits per heavy atom. The second-order valence-corrected chi connectivity index (χ2v) is 11.3. The number of ether oxygens (including phenoxy) is 1. The van der Waals surface area contributed by atoms with Gasteiger partial charge in [-0.15, -0.1) is 0 Å². The summed E-state index contributed by atoms with van der Waals surface area (Å²) in [6.45, 7) is 0. The predicted octanol–water partition coefficient (Wildman–Crippen LogP) is 7.75. The number of aliphatic hydroxyl groups is 2. The summed E-state index contributed by atoms with van der Waals surface area (Å²) in [6, 6.07) is 44.2. The van der Waals surface area contributed by atoms with E-state index in [0.29, 0.717) is 44.5 Å². The highest BCUT2D eigenvalue weighted by Gasteiger charge is 2.65. The average Bonchev–Trinajstić information content (AvgIpc) is 3.10. The molecule has 2 heterocycles. The van der Waals surface area contributed by atoms with Crippen molar-refractivity contribution >= 4 is 11.6 Å². The van der Waals surface area contributed by atoms with E-state index in [4.69, 9.17) is 4.74 Å². The van der Waals surface area contributed by atoms with Crippen LogP contribution in [-0.2, 0) is 16.3 Å². The van der Waals surface area contributed by atoms with Crippen molar-refractivity contribution in [1.82, 2.24) is 0 Å². The Balaban J connectivity index is 1.51. The highest BCUT2D eigenvalue weighted by molar-refractivity contribution is 6.20. The van der Waals surface area contributed by atoms with Crippen LogP contribution < -0.4 is 0 Å². The first kappa shape index (κ1) is 27.1. The molecule has 216 valence electrons. The second-order valence-electron chi connectivity index (χ2n) is 11.3. The minimum atomic E-state index is -2.68. The van der Waals surface area contributed by atoms with Crippen LogP contribution in [0.1, 0.15) is 31.8 Å². The Morgan fingerprint density at radius 2 is 0.644 bits per heavy atom. The zero-order valence-corrected chi connectivity index (χ0v) is 24.0. The van der Waals surface area contributed by atoms with Gasteiger partial charge >= 0.3 is 0 Å². The van der Waals surface area contributed by atoms with Gasteiger partial charge in [0.15, 0.2) is 0 Å². The van der Waals surface area contributed by atoms with E-state index < -0.39 is 23.1 Å². The maximum absolute atomic E-state index is 15.0. The number of fused-ring (bicyclic) bond motifs is 6. The van der Waals surface area contributed by atoms with Crippen molar-refractivity contribution in [3.63, 3.8) is 0 Å². The third-order valence-corrected chi connectivity index (χ3v) is 8.79. The van der Waals surface area contributed by atoms with Crippen LogP contribution in [0, 0.1) is 0 Å². The van der Waals surface area contributed by atoms with Gasteiger partial charge in [0.05, 0.1) is 0 Å². The molecular weight excluding hydrogens is 560 g/mol. The lowest BCUT2D eigenvalue weighted by molar-refractivity contribution is -0.308. The number of benzene rings is 6. The molecule has 8 rings (SSSR count). The van der Waals surface area contributed by atoms with Gasteiger partial charge in [-0.2, -0.15) is 0 Å². The van der Waals surface area contributed by atoms with E-state index in [0.717, 1.165) is 0 Å². The van der Waals surface area contributed by atoms with Crippen molar-refractivity contribution in [3.8, 4) is 44.5 Å². The monoisotopic (exact) mass is 586 g/mol. The minimum absolute atomic E-state index is 0.0181. The van der Waals surface area contributed by atoms with Gasteiger partial charge in [-0.3, -0.25) is 14.3 Å². The Kier molecular flexibility index (Phi) is 6.05. The molecule has 0 amide bonds. The summed E-state index contributed by atoms with van der Waals surface area (Å²) >= 11 is 0. The number of carbonyl (C=O) groups excluding carboxylic acids is 2. The van der Waals surface area contributed by atoms with Crippen molar-refractivity contribution in [3.05, 3.63) is 168 Å². The molecule has 5 nitrogen and oxygen atoms in total. The van der Waals surface area contributed by atoms with Gasteiger partial charge in [0.25, 0.3) is 11.6 Å². The van der Waals surface area contributed by atoms with Crippen molar-refractivity contribution in [2.45, 2.75) is 11.6 Å². The molecular formula is C40H26O5. The van der Waals surface area contributed by atoms with Gasteiger partial charge in [-0.1, -0.05) is 146 Å². The first-order valence-corrected chi connectivity index (χ1v) is 14.7. The number of ketones is 2. The molecule has 0 spiro atoms. The fourth-order valence-electron chi connectivity index (χ4n) is 6.79. The molecule has 0 fully saturated rings. The zero-order chi connectivity index (χ0) is 30.8. The second kappa shape index (κ2) is 10.0. The molecule has 2 N–H and O–H groups in total. The van der Waals surface area contributed by atoms with E-state index in [1.165, 1.54) is 0 Å². The maximum atomic E-state index is 15.0. The van der Waals surface area contributed by atoms with Crippen LogP contribution in [0.2, 0.25) is 0 Å². The molecule has 5 heteroatoms. The number of rotatable bonds is 4. The summed E-state index contributed by atoms with van der Waals surface area (Å²) in [5, 5.41) is 25.2. The van der Waals surface area contributed by atoms with Crippen LogP contribution in [0.5, 0.6) is 0 Å². The number of hydrogen-bond donors (Lipinski definition) is 2. The van der Waals surface area contributed by atoms with Gasteiger partial charge < -0.3 is 10.2 Å². The molecule has 0 saturated heterocycles. The lowest BCUT2D eigenvalue weighted by Gasteiger charge is -2.48. The molecule has 0 aromatic heterocycles. The first-order chi connectivity index (χ1) is 21.9. The summed E-state index contributed by atoms with van der Waals surface area (Å²) in [6.07, 6.45) is 0. The molecule has 2 atom stereocenters. The molecule has 0 radical (unpaired) electrons. The van der Waals surface area contributed by atoms with Crippen molar-refractivity contribution in [1.29, 1.82) is 0 Å². The Bertz CT molecular complexity index is 1970. The third kappa shape index (κ3) is 3.92. The van der Waals surface area contributed by atoms with Gasteiger partial charge in [0.1, 0.15) is 0 Å². The topological polar surface area (TPSA) is 83.8 Å². The number of hydrogen-bond acceptors (Lipinski definition) is 5. The van der Waals surface area contributed by atoms with Crippen LogP contribution in [0.4, 0.5) is 0 Å². The molecule has 2 aliphatic rings. The lowest BCUT2D eigenvalue weighted by Crippen LogP contribution is -2.59. The largest absolute Gasteiger partial charge is 0.355 e. The number of Topliss-reactive ketones (excluding diaryl/α,β-unsaturated/α-hetero) is 2. The third-order valence-electron chi connectivity index (χ3n) is 8.79. The first-order valence-electron chi connectivity index (χ1n) is 14.7.